The molecule has 2 unspecified atom stereocenters. The maximum absolute atomic E-state index is 14.0. The fourth-order valence-electron chi connectivity index (χ4n) is 7.13. The van der Waals surface area contributed by atoms with Crippen LogP contribution in [0.1, 0.15) is 39.1 Å². The molecular weight excluding hydrogens is 534 g/mol. The molecule has 8 atom stereocenters. The van der Waals surface area contributed by atoms with E-state index >= 15 is 0 Å². The standard InChI is InChI=1S/C29H29N3O9/c1-10-15-13(11-4-6-12(7-5-11)27(30)39)8-9-14(33)17(15)22(34)18-16(10)23(35)20-21(32(2)3)24(36)19(28(31)40)26(38)29(20,41)25(18)37/h4-10,16,18-21,23,33,35,41H,1-3H3,(H2,30,39)(H2,31,40)/t10-,16+,18?,19?,20+,21-,23-,29-/m0/s1. The van der Waals surface area contributed by atoms with Gasteiger partial charge in [-0.3, -0.25) is 33.7 Å². The summed E-state index contributed by atoms with van der Waals surface area (Å²) in [6, 6.07) is 7.54. The highest BCUT2D eigenvalue weighted by molar-refractivity contribution is 6.32. The molecule has 12 nitrogen and oxygen atoms in total. The van der Waals surface area contributed by atoms with Crippen molar-refractivity contribution >= 4 is 34.9 Å². The smallest absolute Gasteiger partial charge is 0.248 e. The summed E-state index contributed by atoms with van der Waals surface area (Å²) < 4.78 is 0. The van der Waals surface area contributed by atoms with Gasteiger partial charge in [-0.05, 0) is 54.9 Å². The van der Waals surface area contributed by atoms with Gasteiger partial charge < -0.3 is 26.8 Å². The first kappa shape index (κ1) is 28.3. The van der Waals surface area contributed by atoms with E-state index in [0.717, 1.165) is 0 Å². The molecule has 0 radical (unpaired) electrons. The molecule has 0 saturated heterocycles. The quantitative estimate of drug-likeness (QED) is 0.291. The van der Waals surface area contributed by atoms with Gasteiger partial charge >= 0.3 is 0 Å². The van der Waals surface area contributed by atoms with Gasteiger partial charge in [0.05, 0.1) is 29.5 Å². The van der Waals surface area contributed by atoms with Crippen LogP contribution in [0.3, 0.4) is 0 Å². The van der Waals surface area contributed by atoms with E-state index in [1.165, 1.54) is 37.2 Å². The number of hydrogen-bond donors (Lipinski definition) is 5. The van der Waals surface area contributed by atoms with E-state index in [1.54, 1.807) is 25.1 Å². The van der Waals surface area contributed by atoms with Crippen LogP contribution in [0.15, 0.2) is 36.4 Å². The number of nitrogens with zero attached hydrogens (tertiary/aromatic N) is 1. The van der Waals surface area contributed by atoms with Crippen molar-refractivity contribution in [3.05, 3.63) is 53.1 Å². The SMILES string of the molecule is C[C@H]1c2c(-c3ccc(C(N)=O)cc3)ccc(O)c2C(=O)C2C(=O)[C@]3(O)C(=O)C(C(N)=O)C(=O)[C@@H](N(C)C)[C@@H]3[C@@H](O)[C@@H]21. The number of benzene rings is 2. The van der Waals surface area contributed by atoms with Gasteiger partial charge in [0.15, 0.2) is 34.7 Å². The van der Waals surface area contributed by atoms with Crippen molar-refractivity contribution in [1.82, 2.24) is 4.90 Å². The number of aliphatic hydroxyl groups excluding tert-OH is 1. The second kappa shape index (κ2) is 9.40. The number of phenolic OH excluding ortho intramolecular Hbond substituents is 1. The van der Waals surface area contributed by atoms with Gasteiger partial charge in [-0.15, -0.1) is 0 Å². The number of aromatic hydroxyl groups is 1. The molecule has 0 aromatic heterocycles. The zero-order valence-corrected chi connectivity index (χ0v) is 22.4. The Labute approximate surface area is 233 Å². The van der Waals surface area contributed by atoms with Gasteiger partial charge in [-0.2, -0.15) is 0 Å². The molecule has 2 fully saturated rings. The van der Waals surface area contributed by atoms with Crippen LogP contribution in [0, 0.1) is 23.7 Å². The van der Waals surface area contributed by atoms with Crippen molar-refractivity contribution in [3.63, 3.8) is 0 Å². The number of aliphatic hydroxyl groups is 2. The molecule has 5 rings (SSSR count). The molecule has 2 amide bonds. The highest BCUT2D eigenvalue weighted by atomic mass is 16.3. The summed E-state index contributed by atoms with van der Waals surface area (Å²) in [5.74, 6) is -14.7. The zero-order valence-electron chi connectivity index (χ0n) is 22.4. The molecule has 12 heteroatoms. The summed E-state index contributed by atoms with van der Waals surface area (Å²) in [6.07, 6.45) is -1.74. The Morgan fingerprint density at radius 2 is 1.56 bits per heavy atom. The number of carbonyl (C=O) groups is 6. The van der Waals surface area contributed by atoms with E-state index in [9.17, 15) is 44.1 Å². The third-order valence-corrected chi connectivity index (χ3v) is 8.95. The van der Waals surface area contributed by atoms with Gasteiger partial charge in [0.25, 0.3) is 0 Å². The highest BCUT2D eigenvalue weighted by Gasteiger charge is 2.73. The Balaban J connectivity index is 1.72. The van der Waals surface area contributed by atoms with Crippen LogP contribution in [-0.2, 0) is 19.2 Å². The number of primary amides is 2. The number of phenols is 1. The van der Waals surface area contributed by atoms with Crippen LogP contribution in [0.25, 0.3) is 11.1 Å². The minimum Gasteiger partial charge on any atom is -0.507 e. The summed E-state index contributed by atoms with van der Waals surface area (Å²) in [5.41, 5.74) is 8.97. The van der Waals surface area contributed by atoms with Crippen molar-refractivity contribution in [3.8, 4) is 16.9 Å². The van der Waals surface area contributed by atoms with Gasteiger partial charge in [0.2, 0.25) is 11.8 Å². The van der Waals surface area contributed by atoms with Gasteiger partial charge in [-0.25, -0.2) is 0 Å². The molecular formula is C29H29N3O9. The van der Waals surface area contributed by atoms with Crippen molar-refractivity contribution in [2.45, 2.75) is 30.6 Å². The summed E-state index contributed by atoms with van der Waals surface area (Å²) >= 11 is 0. The fraction of sp³-hybridized carbons (Fsp3) is 0.379. The largest absolute Gasteiger partial charge is 0.507 e. The molecule has 2 saturated carbocycles. The van der Waals surface area contributed by atoms with E-state index in [0.29, 0.717) is 16.7 Å². The van der Waals surface area contributed by atoms with E-state index in [2.05, 4.69) is 0 Å². The number of fused-ring (bicyclic) bond motifs is 3. The topological polar surface area (TPSA) is 218 Å². The first-order chi connectivity index (χ1) is 19.2. The predicted octanol–water partition coefficient (Wildman–Crippen LogP) is -0.835. The molecule has 0 bridgehead atoms. The number of carbonyl (C=O) groups excluding carboxylic acids is 6. The maximum Gasteiger partial charge on any atom is 0.248 e. The van der Waals surface area contributed by atoms with Crippen LogP contribution < -0.4 is 11.5 Å². The third kappa shape index (κ3) is 3.71. The van der Waals surface area contributed by atoms with E-state index in [1.807, 2.05) is 0 Å². The third-order valence-electron chi connectivity index (χ3n) is 8.95. The lowest BCUT2D eigenvalue weighted by molar-refractivity contribution is -0.196. The van der Waals surface area contributed by atoms with Crippen LogP contribution in [0.2, 0.25) is 0 Å². The minimum absolute atomic E-state index is 0.215. The number of amides is 2. The molecule has 3 aliphatic rings. The highest BCUT2D eigenvalue weighted by Crippen LogP contribution is 2.55. The molecule has 41 heavy (non-hydrogen) atoms. The fourth-order valence-corrected chi connectivity index (χ4v) is 7.13. The van der Waals surface area contributed by atoms with Gasteiger partial charge in [0, 0.05) is 11.5 Å². The molecule has 3 aliphatic carbocycles. The zero-order chi connectivity index (χ0) is 30.3. The summed E-state index contributed by atoms with van der Waals surface area (Å²) in [5, 5.41) is 34.3. The normalized spacial score (nSPS) is 32.8. The average molecular weight is 564 g/mol. The van der Waals surface area contributed by atoms with Crippen LogP contribution >= 0.6 is 0 Å². The minimum atomic E-state index is -3.06. The second-order valence-corrected chi connectivity index (χ2v) is 11.2. The van der Waals surface area contributed by atoms with Crippen molar-refractivity contribution < 1.29 is 44.1 Å². The van der Waals surface area contributed by atoms with E-state index in [-0.39, 0.29) is 11.1 Å². The first-order valence-electron chi connectivity index (χ1n) is 12.9. The molecule has 7 N–H and O–H groups in total. The Morgan fingerprint density at radius 1 is 0.951 bits per heavy atom. The van der Waals surface area contributed by atoms with Crippen molar-refractivity contribution in [1.29, 1.82) is 0 Å². The Kier molecular flexibility index (Phi) is 6.48. The molecule has 0 spiro atoms. The molecule has 214 valence electrons. The number of rotatable bonds is 4. The molecule has 0 aliphatic heterocycles. The lowest BCUT2D eigenvalue weighted by Gasteiger charge is -2.56. The van der Waals surface area contributed by atoms with E-state index < -0.39 is 88.0 Å². The van der Waals surface area contributed by atoms with Gasteiger partial charge in [0.1, 0.15) is 5.75 Å². The number of likely N-dealkylation sites (N-methyl/N-ethyl adjacent to an activating group) is 1. The predicted molar refractivity (Wildman–Crippen MR) is 141 cm³/mol. The Hall–Kier alpha value is -4.26. The van der Waals surface area contributed by atoms with Crippen LogP contribution in [-0.4, -0.2) is 87.0 Å². The summed E-state index contributed by atoms with van der Waals surface area (Å²) in [7, 11) is 2.85. The second-order valence-electron chi connectivity index (χ2n) is 11.2. The maximum atomic E-state index is 14.0. The van der Waals surface area contributed by atoms with Crippen LogP contribution in [0.5, 0.6) is 5.75 Å². The average Bonchev–Trinajstić information content (AvgIpc) is 2.90. The van der Waals surface area contributed by atoms with Crippen LogP contribution in [0.4, 0.5) is 0 Å². The molecule has 2 aromatic rings. The van der Waals surface area contributed by atoms with Crippen molar-refractivity contribution in [2.75, 3.05) is 14.1 Å². The lowest BCUT2D eigenvalue weighted by atomic mass is 9.49. The Morgan fingerprint density at radius 3 is 2.10 bits per heavy atom. The Bertz CT molecular complexity index is 1550. The number of Topliss-reactive ketones (excluding diaryl/α,β-unsaturated/α-hetero) is 4. The number of nitrogens with two attached hydrogens (primary N) is 2. The number of hydrogen-bond acceptors (Lipinski definition) is 10. The molecule has 0 heterocycles. The van der Waals surface area contributed by atoms with Gasteiger partial charge in [-0.1, -0.05) is 25.1 Å². The molecule has 2 aromatic carbocycles. The monoisotopic (exact) mass is 563 g/mol. The first-order valence-corrected chi connectivity index (χ1v) is 12.9. The summed E-state index contributed by atoms with van der Waals surface area (Å²) in [4.78, 5) is 79.7. The van der Waals surface area contributed by atoms with Crippen molar-refractivity contribution in [2.24, 2.45) is 35.1 Å². The lowest BCUT2D eigenvalue weighted by Crippen LogP contribution is -2.77. The summed E-state index contributed by atoms with van der Waals surface area (Å²) in [6.45, 7) is 1.63. The van der Waals surface area contributed by atoms with E-state index in [4.69, 9.17) is 11.5 Å². The number of ketones is 4.